The van der Waals surface area contributed by atoms with Crippen LogP contribution in [0.3, 0.4) is 0 Å². The zero-order chi connectivity index (χ0) is 24.6. The summed E-state index contributed by atoms with van der Waals surface area (Å²) in [6.07, 6.45) is 1.70. The number of nitrogens with one attached hydrogen (secondary N) is 2. The summed E-state index contributed by atoms with van der Waals surface area (Å²) in [5.74, 6) is -2.10. The Morgan fingerprint density at radius 2 is 1.24 bits per heavy atom. The lowest BCUT2D eigenvalue weighted by Gasteiger charge is -2.14. The second-order valence-corrected chi connectivity index (χ2v) is 7.46. The van der Waals surface area contributed by atoms with E-state index in [0.717, 1.165) is 0 Å². The Morgan fingerprint density at radius 3 is 1.85 bits per heavy atom. The van der Waals surface area contributed by atoms with Gasteiger partial charge >= 0.3 is 23.9 Å². The van der Waals surface area contributed by atoms with Gasteiger partial charge in [0.25, 0.3) is 0 Å². The maximum atomic E-state index is 11.9. The van der Waals surface area contributed by atoms with Crippen LogP contribution in [0.15, 0.2) is 36.5 Å². The minimum atomic E-state index is -0.602. The summed E-state index contributed by atoms with van der Waals surface area (Å²) in [4.78, 5) is 52.9. The molecule has 10 heteroatoms. The number of aromatic amines is 2. The second-order valence-electron chi connectivity index (χ2n) is 7.46. The van der Waals surface area contributed by atoms with Crippen LogP contribution in [-0.2, 0) is 19.2 Å². The lowest BCUT2D eigenvalue weighted by Crippen LogP contribution is -2.08. The van der Waals surface area contributed by atoms with Gasteiger partial charge in [-0.15, -0.1) is 0 Å². The molecule has 0 spiro atoms. The first-order chi connectivity index (χ1) is 16.1. The molecule has 2 aromatic heterocycles. The summed E-state index contributed by atoms with van der Waals surface area (Å²) in [6.45, 7) is 4.95. The molecule has 4 rings (SSSR count). The van der Waals surface area contributed by atoms with Crippen molar-refractivity contribution in [2.24, 2.45) is 0 Å². The molecule has 0 radical (unpaired) electrons. The Bertz CT molecular complexity index is 1420. The van der Waals surface area contributed by atoms with Crippen molar-refractivity contribution in [3.63, 3.8) is 0 Å². The Kier molecular flexibility index (Phi) is 5.80. The number of fused-ring (bicyclic) bond motifs is 2. The van der Waals surface area contributed by atoms with Gasteiger partial charge in [-0.05, 0) is 18.2 Å². The summed E-state index contributed by atoms with van der Waals surface area (Å²) in [5.41, 5.74) is 2.17. The average molecular weight is 464 g/mol. The van der Waals surface area contributed by atoms with Crippen molar-refractivity contribution in [3.8, 4) is 34.3 Å². The van der Waals surface area contributed by atoms with Gasteiger partial charge in [0.05, 0.1) is 16.8 Å². The normalized spacial score (nSPS) is 10.8. The molecule has 0 saturated heterocycles. The van der Waals surface area contributed by atoms with Crippen LogP contribution in [0.2, 0.25) is 0 Å². The highest BCUT2D eigenvalue weighted by molar-refractivity contribution is 6.03. The molecule has 0 saturated carbocycles. The molecular weight excluding hydrogens is 444 g/mol. The molecule has 0 aliphatic rings. The largest absolute Gasteiger partial charge is 0.423 e. The molecular formula is C24H20N2O8. The molecule has 0 atom stereocenters. The van der Waals surface area contributed by atoms with E-state index < -0.39 is 23.9 Å². The van der Waals surface area contributed by atoms with Gasteiger partial charge in [0.1, 0.15) is 0 Å². The van der Waals surface area contributed by atoms with Crippen LogP contribution in [0.25, 0.3) is 33.1 Å². The highest BCUT2D eigenvalue weighted by Crippen LogP contribution is 2.45. The third-order valence-corrected chi connectivity index (χ3v) is 4.74. The van der Waals surface area contributed by atoms with E-state index in [9.17, 15) is 19.2 Å². The van der Waals surface area contributed by atoms with Crippen LogP contribution >= 0.6 is 0 Å². The van der Waals surface area contributed by atoms with Crippen molar-refractivity contribution in [3.05, 3.63) is 36.5 Å². The summed E-state index contributed by atoms with van der Waals surface area (Å²) >= 11 is 0. The van der Waals surface area contributed by atoms with Crippen LogP contribution < -0.4 is 18.9 Å². The van der Waals surface area contributed by atoms with Crippen molar-refractivity contribution < 1.29 is 38.1 Å². The zero-order valence-electron chi connectivity index (χ0n) is 18.7. The number of carbonyl (C=O) groups is 4. The summed E-state index contributed by atoms with van der Waals surface area (Å²) < 4.78 is 21.2. The predicted octanol–water partition coefficient (Wildman–Crippen LogP) is 4.02. The maximum absolute atomic E-state index is 11.9. The van der Waals surface area contributed by atoms with E-state index in [1.54, 1.807) is 30.5 Å². The minimum Gasteiger partial charge on any atom is -0.423 e. The first kappa shape index (κ1) is 22.6. The molecule has 0 fully saturated rings. The first-order valence-corrected chi connectivity index (χ1v) is 10.2. The van der Waals surface area contributed by atoms with Crippen LogP contribution in [-0.4, -0.2) is 33.8 Å². The van der Waals surface area contributed by atoms with Crippen molar-refractivity contribution >= 4 is 45.7 Å². The van der Waals surface area contributed by atoms with Crippen molar-refractivity contribution in [1.82, 2.24) is 9.97 Å². The van der Waals surface area contributed by atoms with Crippen LogP contribution in [0.5, 0.6) is 23.0 Å². The number of ether oxygens (including phenoxy) is 4. The zero-order valence-corrected chi connectivity index (χ0v) is 18.7. The molecule has 0 amide bonds. The Morgan fingerprint density at radius 1 is 0.676 bits per heavy atom. The monoisotopic (exact) mass is 464 g/mol. The standard InChI is InChI=1S/C24H20N2O8/c1-11(27)31-20-8-15-7-19(26-17(15)9-21(20)32-12(2)28)23-16-5-6-25-18(16)10-22(33-13(3)29)24(23)34-14(4)30/h5-10,25-26H,1-4H3. The SMILES string of the molecule is CC(=O)Oc1cc2cc(-c3c(OC(C)=O)c(OC(C)=O)cc4[nH]ccc34)[nH]c2cc1OC(C)=O. The Labute approximate surface area is 192 Å². The molecule has 34 heavy (non-hydrogen) atoms. The van der Waals surface area contributed by atoms with Gasteiger partial charge in [-0.2, -0.15) is 0 Å². The molecule has 2 N–H and O–H groups in total. The number of aromatic nitrogens is 2. The van der Waals surface area contributed by atoms with Crippen LogP contribution in [0.1, 0.15) is 27.7 Å². The lowest BCUT2D eigenvalue weighted by atomic mass is 10.0. The molecule has 2 aromatic carbocycles. The van der Waals surface area contributed by atoms with Gasteiger partial charge in [0.15, 0.2) is 23.0 Å². The number of carbonyl (C=O) groups excluding carboxylic acids is 4. The molecule has 0 unspecified atom stereocenters. The van der Waals surface area contributed by atoms with Gasteiger partial charge in [-0.1, -0.05) is 0 Å². The third-order valence-electron chi connectivity index (χ3n) is 4.74. The topological polar surface area (TPSA) is 137 Å². The maximum Gasteiger partial charge on any atom is 0.308 e. The minimum absolute atomic E-state index is 0.0572. The number of rotatable bonds is 5. The van der Waals surface area contributed by atoms with E-state index in [2.05, 4.69) is 9.97 Å². The third kappa shape index (κ3) is 4.46. The number of esters is 4. The number of benzene rings is 2. The molecule has 0 aliphatic heterocycles. The Hall–Kier alpha value is -4.60. The molecule has 2 heterocycles. The molecule has 10 nitrogen and oxygen atoms in total. The van der Waals surface area contributed by atoms with Gasteiger partial charge < -0.3 is 28.9 Å². The van der Waals surface area contributed by atoms with Crippen molar-refractivity contribution in [2.45, 2.75) is 27.7 Å². The molecule has 174 valence electrons. The van der Waals surface area contributed by atoms with Crippen LogP contribution in [0.4, 0.5) is 0 Å². The van der Waals surface area contributed by atoms with E-state index in [-0.39, 0.29) is 23.0 Å². The van der Waals surface area contributed by atoms with Gasteiger partial charge in [0.2, 0.25) is 0 Å². The highest BCUT2D eigenvalue weighted by Gasteiger charge is 2.23. The quantitative estimate of drug-likeness (QED) is 0.334. The van der Waals surface area contributed by atoms with Crippen molar-refractivity contribution in [1.29, 1.82) is 0 Å². The number of hydrogen-bond acceptors (Lipinski definition) is 8. The fraction of sp³-hybridized carbons (Fsp3) is 0.167. The summed E-state index contributed by atoms with van der Waals surface area (Å²) in [7, 11) is 0. The average Bonchev–Trinajstić information content (AvgIpc) is 3.33. The molecule has 0 aliphatic carbocycles. The smallest absolute Gasteiger partial charge is 0.308 e. The van der Waals surface area contributed by atoms with Gasteiger partial charge in [-0.25, -0.2) is 0 Å². The van der Waals surface area contributed by atoms with Gasteiger partial charge in [-0.3, -0.25) is 19.2 Å². The van der Waals surface area contributed by atoms with E-state index >= 15 is 0 Å². The van der Waals surface area contributed by atoms with Crippen molar-refractivity contribution in [2.75, 3.05) is 0 Å². The summed E-state index contributed by atoms with van der Waals surface area (Å²) in [5, 5.41) is 1.32. The number of hydrogen-bond donors (Lipinski definition) is 2. The number of H-pyrrole nitrogens is 2. The highest BCUT2D eigenvalue weighted by atomic mass is 16.6. The molecule has 4 aromatic rings. The van der Waals surface area contributed by atoms with E-state index in [0.29, 0.717) is 33.1 Å². The fourth-order valence-corrected chi connectivity index (χ4v) is 3.65. The second kappa shape index (κ2) is 8.74. The van der Waals surface area contributed by atoms with Gasteiger partial charge in [0, 0.05) is 62.3 Å². The van der Waals surface area contributed by atoms with E-state index in [1.807, 2.05) is 0 Å². The predicted molar refractivity (Wildman–Crippen MR) is 121 cm³/mol. The summed E-state index contributed by atoms with van der Waals surface area (Å²) in [6, 6.07) is 8.17. The van der Waals surface area contributed by atoms with E-state index in [1.165, 1.54) is 33.8 Å². The molecule has 0 bridgehead atoms. The van der Waals surface area contributed by atoms with E-state index in [4.69, 9.17) is 18.9 Å². The van der Waals surface area contributed by atoms with Crippen LogP contribution in [0, 0.1) is 0 Å². The first-order valence-electron chi connectivity index (χ1n) is 10.2. The fourth-order valence-electron chi connectivity index (χ4n) is 3.65. The Balaban J connectivity index is 1.98. The lowest BCUT2D eigenvalue weighted by molar-refractivity contribution is -0.134.